The number of hydrogen-bond acceptors (Lipinski definition) is 3. The number of rotatable bonds is 4. The van der Waals surface area contributed by atoms with Crippen molar-refractivity contribution in [2.24, 2.45) is 0 Å². The van der Waals surface area contributed by atoms with Gasteiger partial charge >= 0.3 is 6.03 Å². The van der Waals surface area contributed by atoms with Crippen molar-refractivity contribution in [1.29, 1.82) is 0 Å². The van der Waals surface area contributed by atoms with Crippen molar-refractivity contribution >= 4 is 11.9 Å². The molecule has 90 valence electrons. The fourth-order valence-corrected chi connectivity index (χ4v) is 2.37. The quantitative estimate of drug-likeness (QED) is 0.683. The van der Waals surface area contributed by atoms with Crippen molar-refractivity contribution in [1.82, 2.24) is 15.5 Å². The molecule has 2 N–H and O–H groups in total. The number of urea groups is 1. The molecule has 0 aromatic rings. The summed E-state index contributed by atoms with van der Waals surface area (Å²) in [4.78, 5) is 24.9. The molecule has 2 heterocycles. The van der Waals surface area contributed by atoms with Crippen LogP contribution in [-0.4, -0.2) is 42.0 Å². The van der Waals surface area contributed by atoms with E-state index in [2.05, 4.69) is 10.6 Å². The zero-order chi connectivity index (χ0) is 11.5. The standard InChI is InChI=1S/C11H19N3O2/c1-2-4-9-10(15)14(11(16)13-9)7-8-5-3-6-12-8/h8-9,12H,2-7H2,1H3,(H,13,16). The maximum atomic E-state index is 11.9. The Kier molecular flexibility index (Phi) is 3.43. The largest absolute Gasteiger partial charge is 0.326 e. The summed E-state index contributed by atoms with van der Waals surface area (Å²) in [6.45, 7) is 3.53. The monoisotopic (exact) mass is 225 g/mol. The summed E-state index contributed by atoms with van der Waals surface area (Å²) in [6, 6.07) is -0.230. The third kappa shape index (κ3) is 2.19. The first kappa shape index (κ1) is 11.4. The van der Waals surface area contributed by atoms with Crippen molar-refractivity contribution in [3.05, 3.63) is 0 Å². The van der Waals surface area contributed by atoms with Crippen LogP contribution in [0.4, 0.5) is 4.79 Å². The molecular formula is C11H19N3O2. The molecule has 0 spiro atoms. The molecule has 16 heavy (non-hydrogen) atoms. The zero-order valence-electron chi connectivity index (χ0n) is 9.66. The number of nitrogens with one attached hydrogen (secondary N) is 2. The maximum absolute atomic E-state index is 11.9. The molecule has 2 atom stereocenters. The molecule has 3 amide bonds. The summed E-state index contributed by atoms with van der Waals surface area (Å²) < 4.78 is 0. The molecule has 0 aromatic heterocycles. The number of imide groups is 1. The highest BCUT2D eigenvalue weighted by Gasteiger charge is 2.38. The number of hydrogen-bond donors (Lipinski definition) is 2. The molecule has 0 aromatic carbocycles. The first-order valence-corrected chi connectivity index (χ1v) is 6.07. The molecule has 2 aliphatic heterocycles. The molecule has 0 radical (unpaired) electrons. The Morgan fingerprint density at radius 3 is 2.88 bits per heavy atom. The molecule has 0 saturated carbocycles. The fraction of sp³-hybridized carbons (Fsp3) is 0.818. The van der Waals surface area contributed by atoms with Crippen molar-refractivity contribution in [3.8, 4) is 0 Å². The van der Waals surface area contributed by atoms with E-state index in [-0.39, 0.29) is 24.0 Å². The Morgan fingerprint density at radius 2 is 2.25 bits per heavy atom. The highest BCUT2D eigenvalue weighted by molar-refractivity contribution is 6.04. The molecule has 2 aliphatic rings. The average Bonchev–Trinajstić information content (AvgIpc) is 2.84. The van der Waals surface area contributed by atoms with Crippen molar-refractivity contribution < 1.29 is 9.59 Å². The Bertz CT molecular complexity index is 287. The lowest BCUT2D eigenvalue weighted by Crippen LogP contribution is -2.41. The minimum Gasteiger partial charge on any atom is -0.326 e. The van der Waals surface area contributed by atoms with Crippen LogP contribution in [0, 0.1) is 0 Å². The van der Waals surface area contributed by atoms with Gasteiger partial charge in [0.05, 0.1) is 0 Å². The van der Waals surface area contributed by atoms with Crippen LogP contribution in [0.3, 0.4) is 0 Å². The van der Waals surface area contributed by atoms with Gasteiger partial charge in [0.25, 0.3) is 5.91 Å². The van der Waals surface area contributed by atoms with E-state index in [4.69, 9.17) is 0 Å². The van der Waals surface area contributed by atoms with E-state index < -0.39 is 0 Å². The third-order valence-electron chi connectivity index (χ3n) is 3.25. The molecule has 2 saturated heterocycles. The lowest BCUT2D eigenvalue weighted by molar-refractivity contribution is -0.127. The van der Waals surface area contributed by atoms with Crippen LogP contribution in [0.2, 0.25) is 0 Å². The van der Waals surface area contributed by atoms with Crippen LogP contribution < -0.4 is 10.6 Å². The summed E-state index contributed by atoms with van der Waals surface area (Å²) >= 11 is 0. The summed E-state index contributed by atoms with van der Waals surface area (Å²) in [5.41, 5.74) is 0. The predicted octanol–water partition coefficient (Wildman–Crippen LogP) is 0.459. The Morgan fingerprint density at radius 1 is 1.44 bits per heavy atom. The molecule has 2 rings (SSSR count). The van der Waals surface area contributed by atoms with Gasteiger partial charge in [0.2, 0.25) is 0 Å². The normalized spacial score (nSPS) is 29.9. The molecule has 2 unspecified atom stereocenters. The van der Waals surface area contributed by atoms with Crippen molar-refractivity contribution in [2.45, 2.75) is 44.7 Å². The van der Waals surface area contributed by atoms with Crippen LogP contribution in [0.5, 0.6) is 0 Å². The molecule has 5 heteroatoms. The van der Waals surface area contributed by atoms with E-state index in [1.807, 2.05) is 6.92 Å². The number of nitrogens with zero attached hydrogens (tertiary/aromatic N) is 1. The van der Waals surface area contributed by atoms with E-state index in [1.54, 1.807) is 0 Å². The topological polar surface area (TPSA) is 61.4 Å². The minimum absolute atomic E-state index is 0.0550. The van der Waals surface area contributed by atoms with Crippen LogP contribution in [0.25, 0.3) is 0 Å². The molecule has 5 nitrogen and oxygen atoms in total. The van der Waals surface area contributed by atoms with E-state index in [0.717, 1.165) is 32.2 Å². The van der Waals surface area contributed by atoms with Gasteiger partial charge < -0.3 is 10.6 Å². The Balaban J connectivity index is 1.93. The van der Waals surface area contributed by atoms with E-state index in [9.17, 15) is 9.59 Å². The van der Waals surface area contributed by atoms with E-state index >= 15 is 0 Å². The third-order valence-corrected chi connectivity index (χ3v) is 3.25. The van der Waals surface area contributed by atoms with E-state index in [0.29, 0.717) is 6.54 Å². The first-order valence-electron chi connectivity index (χ1n) is 6.07. The fourth-order valence-electron chi connectivity index (χ4n) is 2.37. The van der Waals surface area contributed by atoms with Gasteiger partial charge in [0, 0.05) is 12.6 Å². The van der Waals surface area contributed by atoms with E-state index in [1.165, 1.54) is 4.90 Å². The second-order valence-corrected chi connectivity index (χ2v) is 4.53. The summed E-state index contributed by atoms with van der Waals surface area (Å²) in [6.07, 6.45) is 3.83. The van der Waals surface area contributed by atoms with Gasteiger partial charge in [-0.3, -0.25) is 9.69 Å². The molecule has 0 aliphatic carbocycles. The lowest BCUT2D eigenvalue weighted by Gasteiger charge is -2.17. The zero-order valence-corrected chi connectivity index (χ0v) is 9.66. The van der Waals surface area contributed by atoms with Crippen LogP contribution in [-0.2, 0) is 4.79 Å². The van der Waals surface area contributed by atoms with Crippen LogP contribution >= 0.6 is 0 Å². The first-order chi connectivity index (χ1) is 7.72. The van der Waals surface area contributed by atoms with Gasteiger partial charge in [-0.1, -0.05) is 13.3 Å². The Labute approximate surface area is 95.6 Å². The van der Waals surface area contributed by atoms with Crippen molar-refractivity contribution in [3.63, 3.8) is 0 Å². The average molecular weight is 225 g/mol. The number of carbonyl (C=O) groups is 2. The van der Waals surface area contributed by atoms with Gasteiger partial charge in [-0.05, 0) is 25.8 Å². The molecule has 2 fully saturated rings. The summed E-state index contributed by atoms with van der Waals surface area (Å²) in [5.74, 6) is -0.0550. The Hall–Kier alpha value is -1.10. The van der Waals surface area contributed by atoms with Crippen LogP contribution in [0.1, 0.15) is 32.6 Å². The molecule has 0 bridgehead atoms. The summed E-state index contributed by atoms with van der Waals surface area (Å²) in [5, 5.41) is 6.04. The summed E-state index contributed by atoms with van der Waals surface area (Å²) in [7, 11) is 0. The minimum atomic E-state index is -0.293. The molecular weight excluding hydrogens is 206 g/mol. The number of carbonyl (C=O) groups excluding carboxylic acids is 2. The van der Waals surface area contributed by atoms with Crippen molar-refractivity contribution in [2.75, 3.05) is 13.1 Å². The van der Waals surface area contributed by atoms with Gasteiger partial charge in [0.15, 0.2) is 0 Å². The SMILES string of the molecule is CCCC1NC(=O)N(CC2CCCN2)C1=O. The second kappa shape index (κ2) is 4.82. The lowest BCUT2D eigenvalue weighted by atomic mass is 10.1. The van der Waals surface area contributed by atoms with Gasteiger partial charge in [-0.2, -0.15) is 0 Å². The smallest absolute Gasteiger partial charge is 0.324 e. The van der Waals surface area contributed by atoms with Crippen LogP contribution in [0.15, 0.2) is 0 Å². The van der Waals surface area contributed by atoms with Gasteiger partial charge in [-0.25, -0.2) is 4.79 Å². The second-order valence-electron chi connectivity index (χ2n) is 4.53. The maximum Gasteiger partial charge on any atom is 0.324 e. The predicted molar refractivity (Wildman–Crippen MR) is 60.0 cm³/mol. The highest BCUT2D eigenvalue weighted by Crippen LogP contribution is 2.14. The number of amides is 3. The highest BCUT2D eigenvalue weighted by atomic mass is 16.2. The van der Waals surface area contributed by atoms with Gasteiger partial charge in [-0.15, -0.1) is 0 Å². The van der Waals surface area contributed by atoms with Gasteiger partial charge in [0.1, 0.15) is 6.04 Å².